The van der Waals surface area contributed by atoms with E-state index in [-0.39, 0.29) is 12.5 Å². The highest BCUT2D eigenvalue weighted by atomic mass is 19.3. The van der Waals surface area contributed by atoms with E-state index >= 15 is 0 Å². The third-order valence-electron chi connectivity index (χ3n) is 2.24. The lowest BCUT2D eigenvalue weighted by Crippen LogP contribution is -2.27. The molecule has 2 N–H and O–H groups in total. The lowest BCUT2D eigenvalue weighted by molar-refractivity contribution is 0.00377. The van der Waals surface area contributed by atoms with Gasteiger partial charge in [-0.25, -0.2) is 13.3 Å². The van der Waals surface area contributed by atoms with Gasteiger partial charge in [-0.15, -0.1) is 5.10 Å². The minimum absolute atomic E-state index is 0.218. The molecule has 7 heteroatoms. The van der Waals surface area contributed by atoms with Crippen LogP contribution in [-0.2, 0) is 0 Å². The largest absolute Gasteiger partial charge is 0.385 e. The van der Waals surface area contributed by atoms with Crippen LogP contribution in [0.25, 0.3) is 5.65 Å². The van der Waals surface area contributed by atoms with Crippen molar-refractivity contribution >= 4 is 11.6 Å². The Morgan fingerprint density at radius 3 is 2.94 bits per heavy atom. The van der Waals surface area contributed by atoms with Crippen molar-refractivity contribution in [2.45, 2.75) is 19.5 Å². The Hall–Kier alpha value is -1.76. The molecule has 0 aliphatic heterocycles. The average molecular weight is 242 g/mol. The first kappa shape index (κ1) is 11.7. The quantitative estimate of drug-likeness (QED) is 0.842. The van der Waals surface area contributed by atoms with Crippen molar-refractivity contribution in [1.82, 2.24) is 14.6 Å². The van der Waals surface area contributed by atoms with Crippen LogP contribution >= 0.6 is 0 Å². The minimum atomic E-state index is -2.78. The SMILES string of the molecule is Cc1ccc2nc(NCC(O)C(F)F)nn2c1. The second kappa shape index (κ2) is 4.62. The predicted octanol–water partition coefficient (Wildman–Crippen LogP) is 1.08. The van der Waals surface area contributed by atoms with Crippen molar-refractivity contribution in [3.8, 4) is 0 Å². The molecule has 1 atom stereocenters. The molecule has 0 saturated heterocycles. The number of hydrogen-bond acceptors (Lipinski definition) is 4. The van der Waals surface area contributed by atoms with Gasteiger partial charge in [-0.2, -0.15) is 4.98 Å². The van der Waals surface area contributed by atoms with Gasteiger partial charge in [0.1, 0.15) is 6.10 Å². The van der Waals surface area contributed by atoms with Crippen molar-refractivity contribution < 1.29 is 13.9 Å². The van der Waals surface area contributed by atoms with Crippen molar-refractivity contribution in [3.05, 3.63) is 23.9 Å². The highest BCUT2D eigenvalue weighted by Gasteiger charge is 2.16. The maximum Gasteiger partial charge on any atom is 0.265 e. The van der Waals surface area contributed by atoms with E-state index in [1.54, 1.807) is 16.8 Å². The van der Waals surface area contributed by atoms with Crippen LogP contribution in [0.1, 0.15) is 5.56 Å². The van der Waals surface area contributed by atoms with Gasteiger partial charge in [0.2, 0.25) is 5.95 Å². The first-order chi connectivity index (χ1) is 8.06. The third-order valence-corrected chi connectivity index (χ3v) is 2.24. The Morgan fingerprint density at radius 2 is 2.24 bits per heavy atom. The number of anilines is 1. The lowest BCUT2D eigenvalue weighted by Gasteiger charge is -2.08. The molecule has 0 radical (unpaired) electrons. The molecule has 0 aliphatic rings. The van der Waals surface area contributed by atoms with E-state index in [9.17, 15) is 8.78 Å². The molecule has 5 nitrogen and oxygen atoms in total. The maximum absolute atomic E-state index is 12.1. The number of aliphatic hydroxyl groups is 1. The summed E-state index contributed by atoms with van der Waals surface area (Å²) < 4.78 is 25.7. The summed E-state index contributed by atoms with van der Waals surface area (Å²) in [5.74, 6) is 0.218. The van der Waals surface area contributed by atoms with E-state index in [0.717, 1.165) is 5.56 Å². The Morgan fingerprint density at radius 1 is 1.47 bits per heavy atom. The number of nitrogens with zero attached hydrogens (tertiary/aromatic N) is 3. The van der Waals surface area contributed by atoms with Crippen LogP contribution in [0.5, 0.6) is 0 Å². The van der Waals surface area contributed by atoms with Crippen LogP contribution in [0.15, 0.2) is 18.3 Å². The van der Waals surface area contributed by atoms with E-state index < -0.39 is 12.5 Å². The summed E-state index contributed by atoms with van der Waals surface area (Å²) in [6.07, 6.45) is -2.72. The number of fused-ring (bicyclic) bond motifs is 1. The summed E-state index contributed by atoms with van der Waals surface area (Å²) in [5.41, 5.74) is 1.63. The molecule has 0 fully saturated rings. The molecule has 17 heavy (non-hydrogen) atoms. The molecular formula is C10H12F2N4O. The number of aryl methyl sites for hydroxylation is 1. The normalized spacial score (nSPS) is 13.2. The highest BCUT2D eigenvalue weighted by Crippen LogP contribution is 2.08. The number of aromatic nitrogens is 3. The van der Waals surface area contributed by atoms with Gasteiger partial charge in [-0.05, 0) is 18.6 Å². The molecule has 0 aliphatic carbocycles. The molecule has 92 valence electrons. The van der Waals surface area contributed by atoms with E-state index in [0.29, 0.717) is 5.65 Å². The summed E-state index contributed by atoms with van der Waals surface area (Å²) in [6, 6.07) is 3.65. The summed E-state index contributed by atoms with van der Waals surface area (Å²) in [5, 5.41) is 15.5. The number of halogens is 2. The molecule has 2 heterocycles. The van der Waals surface area contributed by atoms with Gasteiger partial charge >= 0.3 is 0 Å². The molecule has 2 rings (SSSR count). The maximum atomic E-state index is 12.1. The van der Waals surface area contributed by atoms with Crippen LogP contribution in [0.2, 0.25) is 0 Å². The van der Waals surface area contributed by atoms with Crippen LogP contribution in [-0.4, -0.2) is 38.8 Å². The molecule has 0 aromatic carbocycles. The number of rotatable bonds is 4. The molecule has 0 saturated carbocycles. The standard InChI is InChI=1S/C10H12F2N4O/c1-6-2-3-8-14-10(15-16(8)5-6)13-4-7(17)9(11)12/h2-3,5,7,9,17H,4H2,1H3,(H,13,15). The number of pyridine rings is 1. The third kappa shape index (κ3) is 2.68. The molecule has 1 unspecified atom stereocenters. The highest BCUT2D eigenvalue weighted by molar-refractivity contribution is 5.44. The zero-order valence-corrected chi connectivity index (χ0v) is 9.14. The Labute approximate surface area is 96.1 Å². The smallest absolute Gasteiger partial charge is 0.265 e. The van der Waals surface area contributed by atoms with E-state index in [1.807, 2.05) is 13.0 Å². The fourth-order valence-electron chi connectivity index (χ4n) is 1.35. The summed E-state index contributed by atoms with van der Waals surface area (Å²) in [6.45, 7) is 1.63. The number of hydrogen-bond donors (Lipinski definition) is 2. The summed E-state index contributed by atoms with van der Waals surface area (Å²) in [4.78, 5) is 4.07. The Kier molecular flexibility index (Phi) is 3.19. The lowest BCUT2D eigenvalue weighted by atomic mass is 10.3. The summed E-state index contributed by atoms with van der Waals surface area (Å²) in [7, 11) is 0. The van der Waals surface area contributed by atoms with Crippen molar-refractivity contribution in [1.29, 1.82) is 0 Å². The Bertz CT molecular complexity index is 514. The predicted molar refractivity (Wildman–Crippen MR) is 58.2 cm³/mol. The van der Waals surface area contributed by atoms with Crippen LogP contribution in [0, 0.1) is 6.92 Å². The van der Waals surface area contributed by atoms with E-state index in [1.165, 1.54) is 0 Å². The molecular weight excluding hydrogens is 230 g/mol. The zero-order valence-electron chi connectivity index (χ0n) is 9.14. The molecule has 0 spiro atoms. The van der Waals surface area contributed by atoms with Crippen molar-refractivity contribution in [2.24, 2.45) is 0 Å². The second-order valence-electron chi connectivity index (χ2n) is 3.73. The number of aliphatic hydroxyl groups excluding tert-OH is 1. The average Bonchev–Trinajstić information content (AvgIpc) is 2.67. The second-order valence-corrected chi connectivity index (χ2v) is 3.73. The van der Waals surface area contributed by atoms with Crippen molar-refractivity contribution in [2.75, 3.05) is 11.9 Å². The zero-order chi connectivity index (χ0) is 12.4. The molecule has 0 bridgehead atoms. The molecule has 2 aromatic rings. The topological polar surface area (TPSA) is 62.5 Å². The van der Waals surface area contributed by atoms with Gasteiger partial charge in [-0.3, -0.25) is 0 Å². The Balaban J connectivity index is 2.09. The minimum Gasteiger partial charge on any atom is -0.385 e. The number of nitrogens with one attached hydrogen (secondary N) is 1. The fraction of sp³-hybridized carbons (Fsp3) is 0.400. The van der Waals surface area contributed by atoms with Crippen LogP contribution in [0.4, 0.5) is 14.7 Å². The van der Waals surface area contributed by atoms with E-state index in [2.05, 4.69) is 15.4 Å². The van der Waals surface area contributed by atoms with Gasteiger partial charge in [0, 0.05) is 12.7 Å². The first-order valence-electron chi connectivity index (χ1n) is 5.09. The first-order valence-corrected chi connectivity index (χ1v) is 5.09. The van der Waals surface area contributed by atoms with E-state index in [4.69, 9.17) is 5.11 Å². The van der Waals surface area contributed by atoms with Crippen LogP contribution < -0.4 is 5.32 Å². The monoisotopic (exact) mass is 242 g/mol. The fourth-order valence-corrected chi connectivity index (χ4v) is 1.35. The van der Waals surface area contributed by atoms with Gasteiger partial charge in [-0.1, -0.05) is 6.07 Å². The van der Waals surface area contributed by atoms with Crippen LogP contribution in [0.3, 0.4) is 0 Å². The molecule has 0 amide bonds. The van der Waals surface area contributed by atoms with Crippen molar-refractivity contribution in [3.63, 3.8) is 0 Å². The van der Waals surface area contributed by atoms with Gasteiger partial charge in [0.15, 0.2) is 5.65 Å². The van der Waals surface area contributed by atoms with Gasteiger partial charge < -0.3 is 10.4 Å². The summed E-state index contributed by atoms with van der Waals surface area (Å²) >= 11 is 0. The van der Waals surface area contributed by atoms with Gasteiger partial charge in [0.05, 0.1) is 0 Å². The van der Waals surface area contributed by atoms with Gasteiger partial charge in [0.25, 0.3) is 6.43 Å². The number of alkyl halides is 2. The molecule has 2 aromatic heterocycles.